The summed E-state index contributed by atoms with van der Waals surface area (Å²) in [5.41, 5.74) is 8.52. The first-order chi connectivity index (χ1) is 8.49. The Kier molecular flexibility index (Phi) is 3.82. The van der Waals surface area contributed by atoms with Crippen molar-refractivity contribution in [3.63, 3.8) is 0 Å². The standard InChI is InChI=1S/C13H14BrN3S/c1-8(2)12-5-6-17(16-12)9-3-4-10(13(15)18)11(14)7-9/h3-8H,1-2H3,(H2,15,18). The van der Waals surface area contributed by atoms with E-state index in [2.05, 4.69) is 34.9 Å². The van der Waals surface area contributed by atoms with Gasteiger partial charge in [-0.1, -0.05) is 26.1 Å². The van der Waals surface area contributed by atoms with E-state index >= 15 is 0 Å². The van der Waals surface area contributed by atoms with E-state index in [0.29, 0.717) is 10.9 Å². The van der Waals surface area contributed by atoms with Crippen LogP contribution in [0.15, 0.2) is 34.9 Å². The summed E-state index contributed by atoms with van der Waals surface area (Å²) in [5, 5.41) is 4.53. The van der Waals surface area contributed by atoms with Gasteiger partial charge in [-0.25, -0.2) is 4.68 Å². The maximum absolute atomic E-state index is 5.63. The SMILES string of the molecule is CC(C)c1ccn(-c2ccc(C(N)=S)c(Br)c2)n1. The molecule has 0 aliphatic carbocycles. The second-order valence-electron chi connectivity index (χ2n) is 4.37. The highest BCUT2D eigenvalue weighted by molar-refractivity contribution is 9.10. The van der Waals surface area contributed by atoms with E-state index in [1.54, 1.807) is 0 Å². The molecule has 0 saturated carbocycles. The molecule has 0 radical (unpaired) electrons. The number of hydrogen-bond donors (Lipinski definition) is 1. The van der Waals surface area contributed by atoms with Gasteiger partial charge < -0.3 is 5.73 Å². The summed E-state index contributed by atoms with van der Waals surface area (Å²) in [7, 11) is 0. The first-order valence-electron chi connectivity index (χ1n) is 5.64. The highest BCUT2D eigenvalue weighted by atomic mass is 79.9. The second-order valence-corrected chi connectivity index (χ2v) is 5.66. The van der Waals surface area contributed by atoms with Crippen LogP contribution in [0.3, 0.4) is 0 Å². The maximum atomic E-state index is 5.63. The molecule has 0 spiro atoms. The van der Waals surface area contributed by atoms with E-state index in [1.807, 2.05) is 35.1 Å². The van der Waals surface area contributed by atoms with Crippen LogP contribution in [0, 0.1) is 0 Å². The normalized spacial score (nSPS) is 10.9. The molecule has 2 rings (SSSR count). The first-order valence-corrected chi connectivity index (χ1v) is 6.84. The molecule has 18 heavy (non-hydrogen) atoms. The molecule has 0 fully saturated rings. The lowest BCUT2D eigenvalue weighted by Gasteiger charge is -2.06. The van der Waals surface area contributed by atoms with E-state index in [9.17, 15) is 0 Å². The van der Waals surface area contributed by atoms with Crippen molar-refractivity contribution in [2.24, 2.45) is 5.73 Å². The van der Waals surface area contributed by atoms with Gasteiger partial charge in [-0.15, -0.1) is 0 Å². The summed E-state index contributed by atoms with van der Waals surface area (Å²) in [4.78, 5) is 0.386. The van der Waals surface area contributed by atoms with Crippen LogP contribution in [-0.2, 0) is 0 Å². The van der Waals surface area contributed by atoms with Gasteiger partial charge in [-0.05, 0) is 46.1 Å². The fourth-order valence-electron chi connectivity index (χ4n) is 1.64. The van der Waals surface area contributed by atoms with Crippen LogP contribution in [0.1, 0.15) is 31.0 Å². The first kappa shape index (κ1) is 13.2. The third-order valence-electron chi connectivity index (χ3n) is 2.68. The van der Waals surface area contributed by atoms with Gasteiger partial charge in [0.2, 0.25) is 0 Å². The minimum absolute atomic E-state index is 0.386. The van der Waals surface area contributed by atoms with Crippen molar-refractivity contribution in [1.29, 1.82) is 0 Å². The van der Waals surface area contributed by atoms with Crippen LogP contribution in [0.2, 0.25) is 0 Å². The molecule has 0 aliphatic heterocycles. The highest BCUT2D eigenvalue weighted by Crippen LogP contribution is 2.21. The average molecular weight is 324 g/mol. The molecule has 0 aliphatic rings. The van der Waals surface area contributed by atoms with E-state index in [4.69, 9.17) is 18.0 Å². The lowest BCUT2D eigenvalue weighted by Crippen LogP contribution is -2.10. The largest absolute Gasteiger partial charge is 0.389 e. The van der Waals surface area contributed by atoms with Gasteiger partial charge >= 0.3 is 0 Å². The minimum Gasteiger partial charge on any atom is -0.389 e. The molecule has 0 amide bonds. The highest BCUT2D eigenvalue weighted by Gasteiger charge is 2.08. The second kappa shape index (κ2) is 5.20. The molecule has 2 aromatic rings. The predicted molar refractivity (Wildman–Crippen MR) is 81.2 cm³/mol. The number of benzene rings is 1. The van der Waals surface area contributed by atoms with Gasteiger partial charge in [0, 0.05) is 16.2 Å². The lowest BCUT2D eigenvalue weighted by molar-refractivity contribution is 0.768. The molecule has 94 valence electrons. The number of rotatable bonds is 3. The lowest BCUT2D eigenvalue weighted by atomic mass is 10.1. The number of halogens is 1. The fraction of sp³-hybridized carbons (Fsp3) is 0.231. The molecule has 2 N–H and O–H groups in total. The maximum Gasteiger partial charge on any atom is 0.105 e. The van der Waals surface area contributed by atoms with Crippen molar-refractivity contribution in [3.8, 4) is 5.69 Å². The topological polar surface area (TPSA) is 43.8 Å². The van der Waals surface area contributed by atoms with Gasteiger partial charge in [0.25, 0.3) is 0 Å². The molecular formula is C13H14BrN3S. The summed E-state index contributed by atoms with van der Waals surface area (Å²) in [6, 6.07) is 7.85. The summed E-state index contributed by atoms with van der Waals surface area (Å²) >= 11 is 8.45. The molecule has 0 atom stereocenters. The molecule has 1 aromatic heterocycles. The van der Waals surface area contributed by atoms with Crippen molar-refractivity contribution in [3.05, 3.63) is 46.2 Å². The zero-order valence-electron chi connectivity index (χ0n) is 10.2. The van der Waals surface area contributed by atoms with Crippen LogP contribution >= 0.6 is 28.1 Å². The quantitative estimate of drug-likeness (QED) is 0.880. The van der Waals surface area contributed by atoms with E-state index in [1.165, 1.54) is 0 Å². The van der Waals surface area contributed by atoms with Crippen molar-refractivity contribution >= 4 is 33.1 Å². The van der Waals surface area contributed by atoms with Crippen LogP contribution in [-0.4, -0.2) is 14.8 Å². The molecule has 0 bridgehead atoms. The van der Waals surface area contributed by atoms with Crippen molar-refractivity contribution in [1.82, 2.24) is 9.78 Å². The van der Waals surface area contributed by atoms with Crippen molar-refractivity contribution in [2.75, 3.05) is 0 Å². The van der Waals surface area contributed by atoms with Gasteiger partial charge in [0.05, 0.1) is 11.4 Å². The number of hydrogen-bond acceptors (Lipinski definition) is 2. The van der Waals surface area contributed by atoms with Crippen molar-refractivity contribution < 1.29 is 0 Å². The molecular weight excluding hydrogens is 310 g/mol. The van der Waals surface area contributed by atoms with Gasteiger partial charge in [0.15, 0.2) is 0 Å². The third-order valence-corrected chi connectivity index (χ3v) is 3.56. The number of aromatic nitrogens is 2. The Hall–Kier alpha value is -1.20. The van der Waals surface area contributed by atoms with Crippen molar-refractivity contribution in [2.45, 2.75) is 19.8 Å². The van der Waals surface area contributed by atoms with E-state index in [-0.39, 0.29) is 0 Å². The average Bonchev–Trinajstić information content (AvgIpc) is 2.77. The van der Waals surface area contributed by atoms with Gasteiger partial charge in [0.1, 0.15) is 4.99 Å². The number of nitrogens with two attached hydrogens (primary N) is 1. The molecule has 0 unspecified atom stereocenters. The number of nitrogens with zero attached hydrogens (tertiary/aromatic N) is 2. The molecule has 3 nitrogen and oxygen atoms in total. The van der Waals surface area contributed by atoms with Gasteiger partial charge in [-0.3, -0.25) is 0 Å². The fourth-order valence-corrected chi connectivity index (χ4v) is 2.53. The predicted octanol–water partition coefficient (Wildman–Crippen LogP) is 3.39. The Morgan fingerprint density at radius 2 is 2.11 bits per heavy atom. The Labute approximate surface area is 120 Å². The zero-order valence-corrected chi connectivity index (χ0v) is 12.6. The Bertz CT molecular complexity index is 590. The van der Waals surface area contributed by atoms with Gasteiger partial charge in [-0.2, -0.15) is 5.10 Å². The zero-order chi connectivity index (χ0) is 13.3. The molecule has 0 saturated heterocycles. The Morgan fingerprint density at radius 3 is 2.61 bits per heavy atom. The minimum atomic E-state index is 0.386. The molecule has 1 aromatic carbocycles. The summed E-state index contributed by atoms with van der Waals surface area (Å²) in [5.74, 6) is 0.422. The van der Waals surface area contributed by atoms with Crippen LogP contribution in [0.25, 0.3) is 5.69 Å². The van der Waals surface area contributed by atoms with Crippen LogP contribution in [0.4, 0.5) is 0 Å². The summed E-state index contributed by atoms with van der Waals surface area (Å²) in [6.45, 7) is 4.25. The Morgan fingerprint density at radius 1 is 1.39 bits per heavy atom. The Balaban J connectivity index is 2.39. The van der Waals surface area contributed by atoms with Crippen LogP contribution in [0.5, 0.6) is 0 Å². The molecule has 1 heterocycles. The monoisotopic (exact) mass is 323 g/mol. The van der Waals surface area contributed by atoms with E-state index in [0.717, 1.165) is 21.4 Å². The summed E-state index contributed by atoms with van der Waals surface area (Å²) < 4.78 is 2.73. The van der Waals surface area contributed by atoms with Crippen LogP contribution < -0.4 is 5.73 Å². The summed E-state index contributed by atoms with van der Waals surface area (Å²) in [6.07, 6.45) is 1.96. The smallest absolute Gasteiger partial charge is 0.105 e. The third kappa shape index (κ3) is 2.62. The molecule has 5 heteroatoms. The van der Waals surface area contributed by atoms with E-state index < -0.39 is 0 Å². The number of thiocarbonyl (C=S) groups is 1.